The zero-order valence-electron chi connectivity index (χ0n) is 14.5. The van der Waals surface area contributed by atoms with Crippen molar-refractivity contribution in [3.8, 4) is 5.75 Å². The Kier molecular flexibility index (Phi) is 5.84. The highest BCUT2D eigenvalue weighted by Crippen LogP contribution is 2.24. The van der Waals surface area contributed by atoms with Gasteiger partial charge >= 0.3 is 5.97 Å². The minimum atomic E-state index is -0.525. The first-order valence-electron chi connectivity index (χ1n) is 8.01. The normalized spacial score (nSPS) is 12.2. The van der Waals surface area contributed by atoms with Crippen LogP contribution in [0.15, 0.2) is 30.5 Å². The average Bonchev–Trinajstić information content (AvgIpc) is 2.97. The molecule has 0 aliphatic carbocycles. The van der Waals surface area contributed by atoms with E-state index in [1.54, 1.807) is 4.90 Å². The third-order valence-corrected chi connectivity index (χ3v) is 3.74. The van der Waals surface area contributed by atoms with Crippen molar-refractivity contribution in [3.05, 3.63) is 30.5 Å². The Hall–Kier alpha value is -2.50. The molecule has 0 aliphatic heterocycles. The van der Waals surface area contributed by atoms with Gasteiger partial charge < -0.3 is 19.4 Å². The molecular weight excluding hydrogens is 308 g/mol. The number of carbonyl (C=O) groups excluding carboxylic acids is 2. The summed E-state index contributed by atoms with van der Waals surface area (Å²) in [6.45, 7) is 7.19. The van der Waals surface area contributed by atoms with Crippen molar-refractivity contribution in [3.63, 3.8) is 0 Å². The van der Waals surface area contributed by atoms with Crippen LogP contribution in [0.25, 0.3) is 10.9 Å². The van der Waals surface area contributed by atoms with Crippen LogP contribution in [0, 0.1) is 0 Å². The average molecular weight is 332 g/mol. The van der Waals surface area contributed by atoms with Gasteiger partial charge in [-0.2, -0.15) is 0 Å². The molecular formula is C18H24N2O4. The number of aromatic nitrogens is 1. The molecule has 0 aliphatic rings. The van der Waals surface area contributed by atoms with Gasteiger partial charge in [0.2, 0.25) is 5.91 Å². The molecule has 1 aromatic carbocycles. The summed E-state index contributed by atoms with van der Waals surface area (Å²) >= 11 is 0. The van der Waals surface area contributed by atoms with Crippen molar-refractivity contribution in [2.24, 2.45) is 0 Å². The highest BCUT2D eigenvalue weighted by molar-refractivity contribution is 5.85. The first kappa shape index (κ1) is 17.8. The number of rotatable bonds is 7. The molecule has 0 bridgehead atoms. The molecule has 24 heavy (non-hydrogen) atoms. The number of nitrogens with one attached hydrogen (secondary N) is 1. The van der Waals surface area contributed by atoms with Crippen molar-refractivity contribution < 1.29 is 19.1 Å². The molecule has 1 unspecified atom stereocenters. The summed E-state index contributed by atoms with van der Waals surface area (Å²) in [6.07, 6.45) is 1.32. The summed E-state index contributed by atoms with van der Waals surface area (Å²) in [5.74, 6) is 0.260. The minimum Gasteiger partial charge on any atom is -0.489 e. The van der Waals surface area contributed by atoms with E-state index in [4.69, 9.17) is 9.47 Å². The molecule has 1 atom stereocenters. The minimum absolute atomic E-state index is 0.0219. The fourth-order valence-corrected chi connectivity index (χ4v) is 2.65. The van der Waals surface area contributed by atoms with Crippen LogP contribution in [0.5, 0.6) is 5.75 Å². The fourth-order valence-electron chi connectivity index (χ4n) is 2.65. The van der Waals surface area contributed by atoms with Crippen LogP contribution in [0.1, 0.15) is 27.7 Å². The maximum Gasteiger partial charge on any atom is 0.303 e. The predicted octanol–water partition coefficient (Wildman–Crippen LogP) is 2.74. The molecule has 0 saturated carbocycles. The van der Waals surface area contributed by atoms with E-state index in [0.717, 1.165) is 10.9 Å². The van der Waals surface area contributed by atoms with Gasteiger partial charge in [0.05, 0.1) is 6.54 Å². The molecule has 6 heteroatoms. The van der Waals surface area contributed by atoms with Gasteiger partial charge in [-0.05, 0) is 32.0 Å². The fraction of sp³-hybridized carbons (Fsp3) is 0.444. The van der Waals surface area contributed by atoms with E-state index in [1.807, 2.05) is 44.3 Å². The summed E-state index contributed by atoms with van der Waals surface area (Å²) < 4.78 is 11.2. The highest BCUT2D eigenvalue weighted by atomic mass is 16.6. The van der Waals surface area contributed by atoms with Gasteiger partial charge in [0.25, 0.3) is 0 Å². The summed E-state index contributed by atoms with van der Waals surface area (Å²) in [7, 11) is 0. The number of esters is 1. The van der Waals surface area contributed by atoms with E-state index < -0.39 is 12.1 Å². The molecule has 6 nitrogen and oxygen atoms in total. The van der Waals surface area contributed by atoms with Gasteiger partial charge in [-0.25, -0.2) is 0 Å². The zero-order valence-corrected chi connectivity index (χ0v) is 14.5. The summed E-state index contributed by atoms with van der Waals surface area (Å²) in [5, 5.41) is 0.964. The lowest BCUT2D eigenvalue weighted by atomic mass is 10.2. The zero-order chi connectivity index (χ0) is 17.7. The molecule has 0 spiro atoms. The Balaban J connectivity index is 2.09. The smallest absolute Gasteiger partial charge is 0.303 e. The Morgan fingerprint density at radius 3 is 2.58 bits per heavy atom. The van der Waals surface area contributed by atoms with Crippen LogP contribution in [-0.4, -0.2) is 47.1 Å². The SMILES string of the molecule is CC(=O)OC(COc1cccc2[nH]ccc12)CN(C(C)=O)C(C)C. The predicted molar refractivity (Wildman–Crippen MR) is 91.9 cm³/mol. The summed E-state index contributed by atoms with van der Waals surface area (Å²) in [4.78, 5) is 27.9. The number of amides is 1. The van der Waals surface area contributed by atoms with Crippen molar-refractivity contribution in [2.45, 2.75) is 39.8 Å². The van der Waals surface area contributed by atoms with Crippen LogP contribution in [0.4, 0.5) is 0 Å². The molecule has 1 aromatic heterocycles. The second kappa shape index (κ2) is 7.86. The van der Waals surface area contributed by atoms with Crippen LogP contribution < -0.4 is 4.74 Å². The number of hydrogen-bond donors (Lipinski definition) is 1. The number of H-pyrrole nitrogens is 1. The number of ether oxygens (including phenoxy) is 2. The lowest BCUT2D eigenvalue weighted by molar-refractivity contribution is -0.151. The molecule has 0 fully saturated rings. The molecule has 1 amide bonds. The van der Waals surface area contributed by atoms with E-state index in [2.05, 4.69) is 4.98 Å². The largest absolute Gasteiger partial charge is 0.489 e. The molecule has 130 valence electrons. The van der Waals surface area contributed by atoms with Crippen molar-refractivity contribution >= 4 is 22.8 Å². The first-order chi connectivity index (χ1) is 11.4. The van der Waals surface area contributed by atoms with Crippen LogP contribution in [0.3, 0.4) is 0 Å². The lowest BCUT2D eigenvalue weighted by Gasteiger charge is -2.29. The van der Waals surface area contributed by atoms with Crippen molar-refractivity contribution in [1.29, 1.82) is 0 Å². The van der Waals surface area contributed by atoms with E-state index in [1.165, 1.54) is 13.8 Å². The summed E-state index contributed by atoms with van der Waals surface area (Å²) in [5.41, 5.74) is 0.976. The Bertz CT molecular complexity index is 708. The Labute approximate surface area is 141 Å². The van der Waals surface area contributed by atoms with Gasteiger partial charge in [-0.1, -0.05) is 6.07 Å². The van der Waals surface area contributed by atoms with Gasteiger partial charge in [0.1, 0.15) is 12.4 Å². The van der Waals surface area contributed by atoms with Crippen LogP contribution >= 0.6 is 0 Å². The maximum atomic E-state index is 11.8. The number of carbonyl (C=O) groups is 2. The molecule has 0 saturated heterocycles. The monoisotopic (exact) mass is 332 g/mol. The number of aromatic amines is 1. The molecule has 1 N–H and O–H groups in total. The number of fused-ring (bicyclic) bond motifs is 1. The van der Waals surface area contributed by atoms with Crippen LogP contribution in [0.2, 0.25) is 0 Å². The molecule has 2 aromatic rings. The Morgan fingerprint density at radius 2 is 1.96 bits per heavy atom. The Morgan fingerprint density at radius 1 is 1.21 bits per heavy atom. The molecule has 1 heterocycles. The number of nitrogens with zero attached hydrogens (tertiary/aromatic N) is 1. The van der Waals surface area contributed by atoms with Crippen molar-refractivity contribution in [2.75, 3.05) is 13.2 Å². The second-order valence-electron chi connectivity index (χ2n) is 6.00. The van der Waals surface area contributed by atoms with E-state index >= 15 is 0 Å². The third kappa shape index (κ3) is 4.50. The van der Waals surface area contributed by atoms with E-state index in [0.29, 0.717) is 12.3 Å². The number of benzene rings is 1. The first-order valence-corrected chi connectivity index (χ1v) is 8.01. The number of hydrogen-bond acceptors (Lipinski definition) is 4. The quantitative estimate of drug-likeness (QED) is 0.791. The van der Waals surface area contributed by atoms with Gasteiger partial charge in [-0.3, -0.25) is 9.59 Å². The molecule has 2 rings (SSSR count). The summed E-state index contributed by atoms with van der Waals surface area (Å²) in [6, 6.07) is 7.68. The topological polar surface area (TPSA) is 71.6 Å². The van der Waals surface area contributed by atoms with Crippen molar-refractivity contribution in [1.82, 2.24) is 9.88 Å². The molecule has 0 radical (unpaired) electrons. The standard InChI is InChI=1S/C18H24N2O4/c1-12(2)20(13(3)21)10-15(24-14(4)22)11-23-18-7-5-6-17-16(18)8-9-19-17/h5-9,12,15,19H,10-11H2,1-4H3. The van der Waals surface area contributed by atoms with Gasteiger partial charge in [0, 0.05) is 37.0 Å². The van der Waals surface area contributed by atoms with Gasteiger partial charge in [0.15, 0.2) is 6.10 Å². The maximum absolute atomic E-state index is 11.8. The van der Waals surface area contributed by atoms with Crippen LogP contribution in [-0.2, 0) is 14.3 Å². The van der Waals surface area contributed by atoms with Gasteiger partial charge in [-0.15, -0.1) is 0 Å². The van der Waals surface area contributed by atoms with E-state index in [-0.39, 0.29) is 18.6 Å². The lowest BCUT2D eigenvalue weighted by Crippen LogP contribution is -2.44. The van der Waals surface area contributed by atoms with E-state index in [9.17, 15) is 9.59 Å². The highest BCUT2D eigenvalue weighted by Gasteiger charge is 2.22. The second-order valence-corrected chi connectivity index (χ2v) is 6.00. The third-order valence-electron chi connectivity index (χ3n) is 3.74.